The van der Waals surface area contributed by atoms with Crippen molar-refractivity contribution in [1.82, 2.24) is 9.88 Å². The van der Waals surface area contributed by atoms with Gasteiger partial charge in [-0.3, -0.25) is 9.88 Å². The lowest BCUT2D eigenvalue weighted by Crippen LogP contribution is -2.28. The second kappa shape index (κ2) is 10.3. The molecule has 0 spiro atoms. The largest absolute Gasteiger partial charge is 0.493 e. The van der Waals surface area contributed by atoms with E-state index in [0.717, 1.165) is 24.6 Å². The van der Waals surface area contributed by atoms with Gasteiger partial charge < -0.3 is 14.2 Å². The van der Waals surface area contributed by atoms with Crippen LogP contribution in [-0.4, -0.2) is 43.9 Å². The molecule has 1 saturated heterocycles. The number of nitrogens with zero attached hydrogens (tertiary/aromatic N) is 2. The monoisotopic (exact) mass is 370 g/mol. The highest BCUT2D eigenvalue weighted by Gasteiger charge is 2.23. The van der Waals surface area contributed by atoms with Gasteiger partial charge in [0.15, 0.2) is 11.5 Å². The van der Waals surface area contributed by atoms with Gasteiger partial charge >= 0.3 is 0 Å². The fraction of sp³-hybridized carbons (Fsp3) is 0.500. The molecule has 2 heterocycles. The van der Waals surface area contributed by atoms with Crippen LogP contribution in [0.3, 0.4) is 0 Å². The van der Waals surface area contributed by atoms with Crippen molar-refractivity contribution in [2.75, 3.05) is 34.0 Å². The molecule has 0 bridgehead atoms. The standard InChI is InChI=1S/C22H30N2O3/c1-25-14-15-27-21-8-7-18(16-22(21)26-2)17-24-13-5-3-4-6-20(24)19-9-11-23-12-10-19/h7-12,16,20H,3-6,13-15,17H2,1-2H3/t20-/m0/s1. The van der Waals surface area contributed by atoms with Crippen molar-refractivity contribution in [2.45, 2.75) is 38.3 Å². The van der Waals surface area contributed by atoms with Crippen molar-refractivity contribution in [3.05, 3.63) is 53.9 Å². The molecule has 3 rings (SSSR count). The second-order valence-electron chi connectivity index (χ2n) is 6.94. The number of aromatic nitrogens is 1. The Morgan fingerprint density at radius 3 is 2.63 bits per heavy atom. The molecule has 5 heteroatoms. The Morgan fingerprint density at radius 2 is 1.85 bits per heavy atom. The maximum atomic E-state index is 5.75. The predicted molar refractivity (Wildman–Crippen MR) is 106 cm³/mol. The number of methoxy groups -OCH3 is 2. The molecule has 146 valence electrons. The third-order valence-corrected chi connectivity index (χ3v) is 5.11. The van der Waals surface area contributed by atoms with E-state index in [4.69, 9.17) is 14.2 Å². The fourth-order valence-corrected chi connectivity index (χ4v) is 3.72. The number of pyridine rings is 1. The first-order valence-corrected chi connectivity index (χ1v) is 9.74. The minimum absolute atomic E-state index is 0.444. The van der Waals surface area contributed by atoms with E-state index < -0.39 is 0 Å². The third kappa shape index (κ3) is 5.44. The zero-order valence-electron chi connectivity index (χ0n) is 16.4. The summed E-state index contributed by atoms with van der Waals surface area (Å²) in [4.78, 5) is 6.76. The summed E-state index contributed by atoms with van der Waals surface area (Å²) in [5.41, 5.74) is 2.60. The molecular weight excluding hydrogens is 340 g/mol. The van der Waals surface area contributed by atoms with Gasteiger partial charge in [0.1, 0.15) is 6.61 Å². The summed E-state index contributed by atoms with van der Waals surface area (Å²) >= 11 is 0. The molecule has 0 radical (unpaired) electrons. The highest BCUT2D eigenvalue weighted by atomic mass is 16.5. The minimum Gasteiger partial charge on any atom is -0.493 e. The van der Waals surface area contributed by atoms with Crippen LogP contribution in [-0.2, 0) is 11.3 Å². The maximum Gasteiger partial charge on any atom is 0.161 e. The van der Waals surface area contributed by atoms with E-state index in [1.165, 1.54) is 36.8 Å². The van der Waals surface area contributed by atoms with Crippen LogP contribution in [0.5, 0.6) is 11.5 Å². The molecular formula is C22H30N2O3. The van der Waals surface area contributed by atoms with Gasteiger partial charge in [-0.25, -0.2) is 0 Å². The van der Waals surface area contributed by atoms with E-state index in [1.807, 2.05) is 18.5 Å². The molecule has 5 nitrogen and oxygen atoms in total. The van der Waals surface area contributed by atoms with E-state index in [0.29, 0.717) is 19.3 Å². The lowest BCUT2D eigenvalue weighted by Gasteiger charge is -2.30. The lowest BCUT2D eigenvalue weighted by atomic mass is 10.0. The zero-order valence-corrected chi connectivity index (χ0v) is 16.4. The van der Waals surface area contributed by atoms with E-state index in [2.05, 4.69) is 34.1 Å². The van der Waals surface area contributed by atoms with Gasteiger partial charge in [0, 0.05) is 32.1 Å². The van der Waals surface area contributed by atoms with E-state index in [-0.39, 0.29) is 0 Å². The topological polar surface area (TPSA) is 43.8 Å². The first kappa shape index (κ1) is 19.6. The normalized spacial score (nSPS) is 18.1. The van der Waals surface area contributed by atoms with Gasteiger partial charge in [0.05, 0.1) is 13.7 Å². The number of hydrogen-bond donors (Lipinski definition) is 0. The van der Waals surface area contributed by atoms with Gasteiger partial charge in [0.25, 0.3) is 0 Å². The van der Waals surface area contributed by atoms with Crippen LogP contribution in [0.4, 0.5) is 0 Å². The second-order valence-corrected chi connectivity index (χ2v) is 6.94. The van der Waals surface area contributed by atoms with Crippen molar-refractivity contribution < 1.29 is 14.2 Å². The van der Waals surface area contributed by atoms with Crippen LogP contribution in [0.25, 0.3) is 0 Å². The van der Waals surface area contributed by atoms with Crippen LogP contribution in [0.15, 0.2) is 42.7 Å². The summed E-state index contributed by atoms with van der Waals surface area (Å²) in [6, 6.07) is 11.0. The van der Waals surface area contributed by atoms with Crippen molar-refractivity contribution in [3.63, 3.8) is 0 Å². The SMILES string of the molecule is COCCOc1ccc(CN2CCCCC[C@H]2c2ccncc2)cc1OC. The first-order chi connectivity index (χ1) is 13.3. The Balaban J connectivity index is 1.75. The molecule has 1 aliphatic heterocycles. The summed E-state index contributed by atoms with van der Waals surface area (Å²) in [5, 5.41) is 0. The van der Waals surface area contributed by atoms with Crippen molar-refractivity contribution in [2.24, 2.45) is 0 Å². The Bertz CT molecular complexity index is 693. The van der Waals surface area contributed by atoms with Gasteiger partial charge in [0.2, 0.25) is 0 Å². The third-order valence-electron chi connectivity index (χ3n) is 5.11. The first-order valence-electron chi connectivity index (χ1n) is 9.74. The molecule has 1 aliphatic rings. The molecule has 1 fully saturated rings. The number of rotatable bonds is 8. The van der Waals surface area contributed by atoms with E-state index >= 15 is 0 Å². The smallest absolute Gasteiger partial charge is 0.161 e. The number of benzene rings is 1. The number of likely N-dealkylation sites (tertiary alicyclic amines) is 1. The van der Waals surface area contributed by atoms with Crippen LogP contribution >= 0.6 is 0 Å². The highest BCUT2D eigenvalue weighted by Crippen LogP contribution is 2.33. The van der Waals surface area contributed by atoms with Crippen LogP contribution in [0.1, 0.15) is 42.9 Å². The Morgan fingerprint density at radius 1 is 1.00 bits per heavy atom. The Kier molecular flexibility index (Phi) is 7.48. The van der Waals surface area contributed by atoms with E-state index in [9.17, 15) is 0 Å². The quantitative estimate of drug-likeness (QED) is 0.651. The van der Waals surface area contributed by atoms with Gasteiger partial charge in [-0.05, 0) is 54.8 Å². The molecule has 2 aromatic rings. The Hall–Kier alpha value is -2.11. The lowest BCUT2D eigenvalue weighted by molar-refractivity contribution is 0.144. The van der Waals surface area contributed by atoms with Crippen molar-refractivity contribution in [1.29, 1.82) is 0 Å². The summed E-state index contributed by atoms with van der Waals surface area (Å²) in [6.07, 6.45) is 8.81. The molecule has 0 N–H and O–H groups in total. The zero-order chi connectivity index (χ0) is 18.9. The molecule has 1 atom stereocenters. The predicted octanol–water partition coefficient (Wildman–Crippen LogP) is 4.23. The van der Waals surface area contributed by atoms with Crippen LogP contribution in [0.2, 0.25) is 0 Å². The summed E-state index contributed by atoms with van der Waals surface area (Å²) in [7, 11) is 3.36. The number of ether oxygens (including phenoxy) is 3. The maximum absolute atomic E-state index is 5.75. The minimum atomic E-state index is 0.444. The van der Waals surface area contributed by atoms with Gasteiger partial charge in [-0.1, -0.05) is 18.9 Å². The average molecular weight is 370 g/mol. The Labute approximate surface area is 162 Å². The summed E-state index contributed by atoms with van der Waals surface area (Å²) in [5.74, 6) is 1.54. The summed E-state index contributed by atoms with van der Waals surface area (Å²) in [6.45, 7) is 3.10. The number of hydrogen-bond acceptors (Lipinski definition) is 5. The van der Waals surface area contributed by atoms with Crippen molar-refractivity contribution in [3.8, 4) is 11.5 Å². The van der Waals surface area contributed by atoms with Crippen molar-refractivity contribution >= 4 is 0 Å². The van der Waals surface area contributed by atoms with Crippen LogP contribution < -0.4 is 9.47 Å². The van der Waals surface area contributed by atoms with Crippen LogP contribution in [0, 0.1) is 0 Å². The van der Waals surface area contributed by atoms with E-state index in [1.54, 1.807) is 14.2 Å². The molecule has 0 amide bonds. The van der Waals surface area contributed by atoms with Gasteiger partial charge in [-0.15, -0.1) is 0 Å². The molecule has 1 aromatic heterocycles. The molecule has 0 saturated carbocycles. The molecule has 1 aromatic carbocycles. The molecule has 27 heavy (non-hydrogen) atoms. The highest BCUT2D eigenvalue weighted by molar-refractivity contribution is 5.43. The fourth-order valence-electron chi connectivity index (χ4n) is 3.72. The average Bonchev–Trinajstić information content (AvgIpc) is 2.95. The molecule has 0 unspecified atom stereocenters. The summed E-state index contributed by atoms with van der Waals surface area (Å²) < 4.78 is 16.4. The molecule has 0 aliphatic carbocycles. The van der Waals surface area contributed by atoms with Gasteiger partial charge in [-0.2, -0.15) is 0 Å².